The van der Waals surface area contributed by atoms with Gasteiger partial charge in [-0.3, -0.25) is 4.79 Å². The standard InChI is InChI=1S/C12H18N4O3/c1-9-4-3-5-14(7-9)12(17)8-15-10(2)13-6-11(15)16(18)19/h6,9H,3-5,7-8H2,1-2H3. The second kappa shape index (κ2) is 5.38. The van der Waals surface area contributed by atoms with E-state index in [0.29, 0.717) is 11.7 Å². The van der Waals surface area contributed by atoms with E-state index in [4.69, 9.17) is 0 Å². The van der Waals surface area contributed by atoms with Crippen LogP contribution in [0.2, 0.25) is 0 Å². The summed E-state index contributed by atoms with van der Waals surface area (Å²) < 4.78 is 1.36. The number of aryl methyl sites for hydroxylation is 1. The molecule has 1 aromatic rings. The van der Waals surface area contributed by atoms with Crippen molar-refractivity contribution in [1.82, 2.24) is 14.5 Å². The Balaban J connectivity index is 2.10. The Morgan fingerprint density at radius 1 is 1.63 bits per heavy atom. The van der Waals surface area contributed by atoms with Crippen LogP contribution >= 0.6 is 0 Å². The largest absolute Gasteiger partial charge is 0.358 e. The van der Waals surface area contributed by atoms with Crippen LogP contribution in [0.15, 0.2) is 6.20 Å². The van der Waals surface area contributed by atoms with Crippen LogP contribution in [-0.4, -0.2) is 38.4 Å². The van der Waals surface area contributed by atoms with E-state index in [2.05, 4.69) is 11.9 Å². The van der Waals surface area contributed by atoms with Crippen LogP contribution in [0.3, 0.4) is 0 Å². The summed E-state index contributed by atoms with van der Waals surface area (Å²) in [5.74, 6) is 0.785. The molecule has 104 valence electrons. The Morgan fingerprint density at radius 3 is 3.00 bits per heavy atom. The zero-order chi connectivity index (χ0) is 14.0. The first kappa shape index (κ1) is 13.5. The smallest absolute Gasteiger partial charge is 0.343 e. The number of carbonyl (C=O) groups excluding carboxylic acids is 1. The lowest BCUT2D eigenvalue weighted by Crippen LogP contribution is -2.41. The third-order valence-corrected chi connectivity index (χ3v) is 3.52. The number of amides is 1. The minimum Gasteiger partial charge on any atom is -0.358 e. The minimum atomic E-state index is -0.508. The van der Waals surface area contributed by atoms with Crippen LogP contribution in [0.25, 0.3) is 0 Å². The molecular weight excluding hydrogens is 248 g/mol. The van der Waals surface area contributed by atoms with E-state index in [9.17, 15) is 14.9 Å². The molecule has 0 radical (unpaired) electrons. The Morgan fingerprint density at radius 2 is 2.37 bits per heavy atom. The molecule has 1 amide bonds. The fraction of sp³-hybridized carbons (Fsp3) is 0.667. The van der Waals surface area contributed by atoms with Gasteiger partial charge in [-0.15, -0.1) is 0 Å². The summed E-state index contributed by atoms with van der Waals surface area (Å²) in [6, 6.07) is 0. The first-order chi connectivity index (χ1) is 8.99. The second-order valence-corrected chi connectivity index (χ2v) is 5.09. The summed E-state index contributed by atoms with van der Waals surface area (Å²) in [7, 11) is 0. The van der Waals surface area contributed by atoms with Gasteiger partial charge in [-0.25, -0.2) is 9.55 Å². The molecular formula is C12H18N4O3. The second-order valence-electron chi connectivity index (χ2n) is 5.09. The molecule has 0 bridgehead atoms. The predicted octanol–water partition coefficient (Wildman–Crippen LogP) is 1.36. The van der Waals surface area contributed by atoms with Crippen LogP contribution < -0.4 is 0 Å². The van der Waals surface area contributed by atoms with Crippen molar-refractivity contribution in [3.8, 4) is 0 Å². The molecule has 2 rings (SSSR count). The number of aromatic nitrogens is 2. The third-order valence-electron chi connectivity index (χ3n) is 3.52. The normalized spacial score (nSPS) is 19.5. The Hall–Kier alpha value is -1.92. The van der Waals surface area contributed by atoms with E-state index in [1.807, 2.05) is 0 Å². The maximum atomic E-state index is 12.2. The minimum absolute atomic E-state index is 0.00509. The van der Waals surface area contributed by atoms with E-state index in [1.165, 1.54) is 10.8 Å². The molecule has 1 aromatic heterocycles. The molecule has 2 heterocycles. The van der Waals surface area contributed by atoms with Gasteiger partial charge in [0.15, 0.2) is 12.4 Å². The van der Waals surface area contributed by atoms with Crippen molar-refractivity contribution in [2.75, 3.05) is 13.1 Å². The predicted molar refractivity (Wildman–Crippen MR) is 68.6 cm³/mol. The Kier molecular flexibility index (Phi) is 3.82. The monoisotopic (exact) mass is 266 g/mol. The highest BCUT2D eigenvalue weighted by Crippen LogP contribution is 2.18. The number of imidazole rings is 1. The van der Waals surface area contributed by atoms with Crippen molar-refractivity contribution in [3.05, 3.63) is 22.1 Å². The van der Waals surface area contributed by atoms with Crippen molar-refractivity contribution >= 4 is 11.7 Å². The van der Waals surface area contributed by atoms with Crippen molar-refractivity contribution in [2.45, 2.75) is 33.2 Å². The molecule has 19 heavy (non-hydrogen) atoms. The molecule has 1 unspecified atom stereocenters. The first-order valence-electron chi connectivity index (χ1n) is 6.43. The Bertz CT molecular complexity index is 497. The maximum absolute atomic E-state index is 12.2. The van der Waals surface area contributed by atoms with E-state index in [0.717, 1.165) is 25.9 Å². The summed E-state index contributed by atoms with van der Waals surface area (Å²) in [4.78, 5) is 28.2. The molecule has 0 aromatic carbocycles. The molecule has 1 aliphatic rings. The number of nitrogens with zero attached hydrogens (tertiary/aromatic N) is 4. The third kappa shape index (κ3) is 2.91. The SMILES string of the molecule is Cc1ncc([N+](=O)[O-])n1CC(=O)N1CCCC(C)C1. The molecule has 7 heteroatoms. The van der Waals surface area contributed by atoms with Gasteiger partial charge >= 0.3 is 5.82 Å². The van der Waals surface area contributed by atoms with Gasteiger partial charge in [-0.2, -0.15) is 0 Å². The van der Waals surface area contributed by atoms with Crippen molar-refractivity contribution in [2.24, 2.45) is 5.92 Å². The van der Waals surface area contributed by atoms with Gasteiger partial charge in [0, 0.05) is 20.0 Å². The topological polar surface area (TPSA) is 81.3 Å². The van der Waals surface area contributed by atoms with Crippen molar-refractivity contribution in [3.63, 3.8) is 0 Å². The lowest BCUT2D eigenvalue weighted by molar-refractivity contribution is -0.392. The maximum Gasteiger partial charge on any atom is 0.343 e. The molecule has 0 spiro atoms. The summed E-state index contributed by atoms with van der Waals surface area (Å²) in [5.41, 5.74) is 0. The van der Waals surface area contributed by atoms with Gasteiger partial charge < -0.3 is 15.0 Å². The summed E-state index contributed by atoms with van der Waals surface area (Å²) in [5, 5.41) is 10.9. The number of nitro groups is 1. The fourth-order valence-corrected chi connectivity index (χ4v) is 2.45. The van der Waals surface area contributed by atoms with E-state index < -0.39 is 4.92 Å². The van der Waals surface area contributed by atoms with Crippen LogP contribution in [0, 0.1) is 23.0 Å². The number of carbonyl (C=O) groups is 1. The van der Waals surface area contributed by atoms with Gasteiger partial charge in [-0.1, -0.05) is 6.92 Å². The Labute approximate surface area is 111 Å². The molecule has 7 nitrogen and oxygen atoms in total. The number of likely N-dealkylation sites (tertiary alicyclic amines) is 1. The average Bonchev–Trinajstić information content (AvgIpc) is 2.71. The highest BCUT2D eigenvalue weighted by atomic mass is 16.6. The lowest BCUT2D eigenvalue weighted by atomic mass is 10.0. The average molecular weight is 266 g/mol. The van der Waals surface area contributed by atoms with Gasteiger partial charge in [0.1, 0.15) is 6.20 Å². The lowest BCUT2D eigenvalue weighted by Gasteiger charge is -2.30. The molecule has 1 saturated heterocycles. The van der Waals surface area contributed by atoms with Crippen molar-refractivity contribution < 1.29 is 9.72 Å². The summed E-state index contributed by atoms with van der Waals surface area (Å²) in [6.07, 6.45) is 3.33. The summed E-state index contributed by atoms with van der Waals surface area (Å²) in [6.45, 7) is 5.25. The first-order valence-corrected chi connectivity index (χ1v) is 6.43. The van der Waals surface area contributed by atoms with Gasteiger partial charge in [0.05, 0.1) is 0 Å². The van der Waals surface area contributed by atoms with Crippen LogP contribution in [-0.2, 0) is 11.3 Å². The van der Waals surface area contributed by atoms with Crippen LogP contribution in [0.4, 0.5) is 5.82 Å². The zero-order valence-electron chi connectivity index (χ0n) is 11.2. The quantitative estimate of drug-likeness (QED) is 0.611. The number of hydrogen-bond donors (Lipinski definition) is 0. The highest BCUT2D eigenvalue weighted by molar-refractivity contribution is 5.76. The highest BCUT2D eigenvalue weighted by Gasteiger charge is 2.26. The number of hydrogen-bond acceptors (Lipinski definition) is 4. The van der Waals surface area contributed by atoms with Crippen LogP contribution in [0.5, 0.6) is 0 Å². The molecule has 0 aliphatic carbocycles. The van der Waals surface area contributed by atoms with E-state index >= 15 is 0 Å². The van der Waals surface area contributed by atoms with Crippen molar-refractivity contribution in [1.29, 1.82) is 0 Å². The molecule has 1 fully saturated rings. The molecule has 1 atom stereocenters. The van der Waals surface area contributed by atoms with Gasteiger partial charge in [0.2, 0.25) is 0 Å². The van der Waals surface area contributed by atoms with E-state index in [-0.39, 0.29) is 18.3 Å². The molecule has 0 saturated carbocycles. The molecule has 0 N–H and O–H groups in total. The van der Waals surface area contributed by atoms with Gasteiger partial charge in [-0.05, 0) is 23.7 Å². The fourth-order valence-electron chi connectivity index (χ4n) is 2.45. The molecule has 1 aliphatic heterocycles. The number of rotatable bonds is 3. The van der Waals surface area contributed by atoms with E-state index in [1.54, 1.807) is 11.8 Å². The zero-order valence-corrected chi connectivity index (χ0v) is 11.2. The summed E-state index contributed by atoms with van der Waals surface area (Å²) >= 11 is 0. The number of piperidine rings is 1. The van der Waals surface area contributed by atoms with Gasteiger partial charge in [0.25, 0.3) is 5.91 Å². The van der Waals surface area contributed by atoms with Crippen LogP contribution in [0.1, 0.15) is 25.6 Å².